The molecule has 2 rings (SSSR count). The minimum atomic E-state index is -0.528. The number of amides is 1. The molecule has 0 bridgehead atoms. The summed E-state index contributed by atoms with van der Waals surface area (Å²) in [6.07, 6.45) is 1.27. The van der Waals surface area contributed by atoms with Crippen molar-refractivity contribution < 1.29 is 14.3 Å². The maximum absolute atomic E-state index is 13.4. The first-order chi connectivity index (χ1) is 9.52. The molecule has 20 heavy (non-hydrogen) atoms. The van der Waals surface area contributed by atoms with Crippen LogP contribution in [0.25, 0.3) is 0 Å². The molecule has 5 nitrogen and oxygen atoms in total. The minimum Gasteiger partial charge on any atom is -0.393 e. The number of piperidine rings is 1. The van der Waals surface area contributed by atoms with E-state index in [0.29, 0.717) is 31.9 Å². The van der Waals surface area contributed by atoms with E-state index in [1.165, 1.54) is 6.07 Å². The summed E-state index contributed by atoms with van der Waals surface area (Å²) in [6, 6.07) is 1.21. The largest absolute Gasteiger partial charge is 0.393 e. The summed E-state index contributed by atoms with van der Waals surface area (Å²) in [5.41, 5.74) is 0.246. The van der Waals surface area contributed by atoms with Gasteiger partial charge in [0.1, 0.15) is 11.6 Å². The van der Waals surface area contributed by atoms with Crippen LogP contribution < -0.4 is 5.32 Å². The van der Waals surface area contributed by atoms with Gasteiger partial charge >= 0.3 is 0 Å². The second-order valence-electron chi connectivity index (χ2n) is 5.16. The van der Waals surface area contributed by atoms with Crippen molar-refractivity contribution in [2.24, 2.45) is 5.92 Å². The number of hydrogen-bond acceptors (Lipinski definition) is 4. The van der Waals surface area contributed by atoms with Gasteiger partial charge in [-0.25, -0.2) is 9.37 Å². The van der Waals surface area contributed by atoms with Crippen LogP contribution in [0.2, 0.25) is 0 Å². The summed E-state index contributed by atoms with van der Waals surface area (Å²) < 4.78 is 13.4. The van der Waals surface area contributed by atoms with E-state index in [9.17, 15) is 14.3 Å². The first kappa shape index (κ1) is 14.7. The highest BCUT2D eigenvalue weighted by Crippen LogP contribution is 2.21. The number of nitrogens with one attached hydrogen (secondary N) is 1. The first-order valence-electron chi connectivity index (χ1n) is 6.89. The Balaban J connectivity index is 2.22. The summed E-state index contributed by atoms with van der Waals surface area (Å²) in [6.45, 7) is 5.35. The zero-order valence-electron chi connectivity index (χ0n) is 11.8. The monoisotopic (exact) mass is 281 g/mol. The van der Waals surface area contributed by atoms with Crippen LogP contribution in [0.15, 0.2) is 12.3 Å². The molecule has 0 aromatic carbocycles. The lowest BCUT2D eigenvalue weighted by molar-refractivity contribution is 0.0297. The topological polar surface area (TPSA) is 65.5 Å². The van der Waals surface area contributed by atoms with Crippen molar-refractivity contribution in [3.63, 3.8) is 0 Å². The fraction of sp³-hybridized carbons (Fsp3) is 0.571. The van der Waals surface area contributed by atoms with E-state index in [-0.39, 0.29) is 23.5 Å². The second kappa shape index (κ2) is 6.17. The van der Waals surface area contributed by atoms with Crippen molar-refractivity contribution in [1.82, 2.24) is 9.88 Å². The molecule has 2 N–H and O–H groups in total. The lowest BCUT2D eigenvalue weighted by Gasteiger charge is -2.34. The summed E-state index contributed by atoms with van der Waals surface area (Å²) >= 11 is 0. The predicted molar refractivity (Wildman–Crippen MR) is 74.1 cm³/mol. The molecule has 1 aliphatic heterocycles. The Labute approximate surface area is 117 Å². The molecule has 0 spiro atoms. The van der Waals surface area contributed by atoms with Gasteiger partial charge in [-0.15, -0.1) is 0 Å². The number of carbonyl (C=O) groups is 1. The van der Waals surface area contributed by atoms with Crippen molar-refractivity contribution in [2.45, 2.75) is 26.4 Å². The average Bonchev–Trinajstić information content (AvgIpc) is 2.43. The maximum atomic E-state index is 13.4. The Morgan fingerprint density at radius 3 is 3.05 bits per heavy atom. The average molecular weight is 281 g/mol. The molecule has 6 heteroatoms. The molecule has 0 aliphatic carbocycles. The highest BCUT2D eigenvalue weighted by molar-refractivity contribution is 5.98. The Bertz CT molecular complexity index is 495. The summed E-state index contributed by atoms with van der Waals surface area (Å²) in [7, 11) is 0. The van der Waals surface area contributed by atoms with Crippen LogP contribution in [-0.4, -0.2) is 46.6 Å². The molecule has 1 aliphatic rings. The zero-order valence-corrected chi connectivity index (χ0v) is 11.8. The molecule has 1 aromatic rings. The van der Waals surface area contributed by atoms with Crippen molar-refractivity contribution in [2.75, 3.05) is 25.0 Å². The Morgan fingerprint density at radius 1 is 1.65 bits per heavy atom. The first-order valence-corrected chi connectivity index (χ1v) is 6.89. The molecule has 2 heterocycles. The second-order valence-corrected chi connectivity index (χ2v) is 5.16. The number of pyridine rings is 1. The number of rotatable bonds is 3. The number of halogens is 1. The number of aliphatic hydroxyl groups excluding tert-OH is 1. The van der Waals surface area contributed by atoms with Gasteiger partial charge < -0.3 is 15.3 Å². The quantitative estimate of drug-likeness (QED) is 0.881. The van der Waals surface area contributed by atoms with Crippen molar-refractivity contribution in [1.29, 1.82) is 0 Å². The molecule has 0 radical (unpaired) electrons. The molecular weight excluding hydrogens is 261 g/mol. The van der Waals surface area contributed by atoms with Crippen LogP contribution in [0.3, 0.4) is 0 Å². The van der Waals surface area contributed by atoms with Crippen LogP contribution in [0, 0.1) is 11.7 Å². The number of aliphatic hydroxyl groups is 1. The number of anilines is 1. The Kier molecular flexibility index (Phi) is 4.54. The highest BCUT2D eigenvalue weighted by atomic mass is 19.1. The third-order valence-electron chi connectivity index (χ3n) is 3.58. The van der Waals surface area contributed by atoms with Crippen LogP contribution in [0.1, 0.15) is 30.6 Å². The van der Waals surface area contributed by atoms with Crippen molar-refractivity contribution in [3.05, 3.63) is 23.6 Å². The van der Waals surface area contributed by atoms with Gasteiger partial charge in [0, 0.05) is 19.6 Å². The number of nitrogens with zero attached hydrogens (tertiary/aromatic N) is 2. The lowest BCUT2D eigenvalue weighted by atomic mass is 9.96. The van der Waals surface area contributed by atoms with Gasteiger partial charge in [0.05, 0.1) is 17.9 Å². The minimum absolute atomic E-state index is 0.0248. The number of aromatic nitrogens is 1. The van der Waals surface area contributed by atoms with Gasteiger partial charge in [-0.1, -0.05) is 6.92 Å². The lowest BCUT2D eigenvalue weighted by Crippen LogP contribution is -2.45. The predicted octanol–water partition coefficient (Wildman–Crippen LogP) is 1.50. The summed E-state index contributed by atoms with van der Waals surface area (Å²) in [4.78, 5) is 18.1. The standard InChI is InChI=1S/C14H20FN3O2/c1-3-16-13-11(6-10(15)7-17-13)14(20)18-5-4-12(19)9(2)8-18/h6-7,9,12,19H,3-5,8H2,1-2H3,(H,16,17). The van der Waals surface area contributed by atoms with Gasteiger partial charge in [-0.2, -0.15) is 0 Å². The van der Waals surface area contributed by atoms with Crippen LogP contribution >= 0.6 is 0 Å². The normalized spacial score (nSPS) is 22.7. The zero-order chi connectivity index (χ0) is 14.7. The molecule has 110 valence electrons. The molecule has 2 atom stereocenters. The van der Waals surface area contributed by atoms with Crippen LogP contribution in [0.4, 0.5) is 10.2 Å². The van der Waals surface area contributed by atoms with Gasteiger partial charge in [-0.3, -0.25) is 4.79 Å². The summed E-state index contributed by atoms with van der Waals surface area (Å²) in [5, 5.41) is 12.7. The van der Waals surface area contributed by atoms with Gasteiger partial charge in [0.2, 0.25) is 0 Å². The Hall–Kier alpha value is -1.69. The van der Waals surface area contributed by atoms with E-state index in [2.05, 4.69) is 10.3 Å². The van der Waals surface area contributed by atoms with E-state index in [4.69, 9.17) is 0 Å². The fourth-order valence-electron chi connectivity index (χ4n) is 2.40. The fourth-order valence-corrected chi connectivity index (χ4v) is 2.40. The van der Waals surface area contributed by atoms with E-state index in [1.54, 1.807) is 4.90 Å². The van der Waals surface area contributed by atoms with Gasteiger partial charge in [0.15, 0.2) is 0 Å². The van der Waals surface area contributed by atoms with Crippen molar-refractivity contribution in [3.8, 4) is 0 Å². The van der Waals surface area contributed by atoms with E-state index >= 15 is 0 Å². The number of likely N-dealkylation sites (tertiary alicyclic amines) is 1. The van der Waals surface area contributed by atoms with E-state index < -0.39 is 5.82 Å². The third kappa shape index (κ3) is 3.07. The van der Waals surface area contributed by atoms with Gasteiger partial charge in [0.25, 0.3) is 5.91 Å². The Morgan fingerprint density at radius 2 is 2.40 bits per heavy atom. The highest BCUT2D eigenvalue weighted by Gasteiger charge is 2.29. The summed E-state index contributed by atoms with van der Waals surface area (Å²) in [5.74, 6) is -0.346. The van der Waals surface area contributed by atoms with Crippen LogP contribution in [-0.2, 0) is 0 Å². The molecule has 2 unspecified atom stereocenters. The van der Waals surface area contributed by atoms with Crippen LogP contribution in [0.5, 0.6) is 0 Å². The van der Waals surface area contributed by atoms with Gasteiger partial charge in [-0.05, 0) is 25.3 Å². The molecule has 1 aromatic heterocycles. The third-order valence-corrected chi connectivity index (χ3v) is 3.58. The molecule has 0 saturated carbocycles. The van der Waals surface area contributed by atoms with Crippen molar-refractivity contribution >= 4 is 11.7 Å². The van der Waals surface area contributed by atoms with E-state index in [1.807, 2.05) is 13.8 Å². The molecule has 1 amide bonds. The molecule has 1 fully saturated rings. The molecular formula is C14H20FN3O2. The SMILES string of the molecule is CCNc1ncc(F)cc1C(=O)N1CCC(O)C(C)C1. The maximum Gasteiger partial charge on any atom is 0.257 e. The number of carbonyl (C=O) groups excluding carboxylic acids is 1. The van der Waals surface area contributed by atoms with E-state index in [0.717, 1.165) is 6.20 Å². The number of hydrogen-bond donors (Lipinski definition) is 2. The smallest absolute Gasteiger partial charge is 0.257 e. The molecule has 1 saturated heterocycles.